The van der Waals surface area contributed by atoms with Crippen LogP contribution in [0.3, 0.4) is 0 Å². The molecular weight excluding hydrogens is 406 g/mol. The lowest BCUT2D eigenvalue weighted by Gasteiger charge is -2.36. The molecule has 0 unspecified atom stereocenters. The third kappa shape index (κ3) is 7.06. The summed E-state index contributed by atoms with van der Waals surface area (Å²) in [5.41, 5.74) is 1.24. The third-order valence-electron chi connectivity index (χ3n) is 6.50. The molecule has 1 N–H and O–H groups in total. The molecule has 2 aliphatic heterocycles. The summed E-state index contributed by atoms with van der Waals surface area (Å²) >= 11 is 0. The molecule has 9 heteroatoms. The van der Waals surface area contributed by atoms with Gasteiger partial charge in [-0.05, 0) is 38.2 Å². The van der Waals surface area contributed by atoms with Gasteiger partial charge in [-0.1, -0.05) is 13.8 Å². The number of carbonyl (C=O) groups excluding carboxylic acids is 2. The molecule has 0 saturated carbocycles. The van der Waals surface area contributed by atoms with Gasteiger partial charge >= 0.3 is 6.03 Å². The normalized spacial score (nSPS) is 17.7. The fourth-order valence-electron chi connectivity index (χ4n) is 4.29. The number of anilines is 1. The summed E-state index contributed by atoms with van der Waals surface area (Å²) in [5.74, 6) is 0.165. The Kier molecular flexibility index (Phi) is 9.55. The van der Waals surface area contributed by atoms with E-state index in [9.17, 15) is 9.59 Å². The van der Waals surface area contributed by atoms with Crippen molar-refractivity contribution in [2.24, 2.45) is 0 Å². The smallest absolute Gasteiger partial charge is 0.317 e. The molecule has 9 nitrogen and oxygen atoms in total. The number of hydrogen-bond acceptors (Lipinski definition) is 6. The van der Waals surface area contributed by atoms with Crippen LogP contribution in [0.1, 0.15) is 20.3 Å². The van der Waals surface area contributed by atoms with Gasteiger partial charge in [-0.25, -0.2) is 4.79 Å². The Morgan fingerprint density at radius 1 is 0.938 bits per heavy atom. The van der Waals surface area contributed by atoms with E-state index in [-0.39, 0.29) is 11.9 Å². The fourth-order valence-corrected chi connectivity index (χ4v) is 4.29. The molecule has 32 heavy (non-hydrogen) atoms. The summed E-state index contributed by atoms with van der Waals surface area (Å²) in [4.78, 5) is 39.7. The van der Waals surface area contributed by atoms with E-state index in [1.54, 1.807) is 0 Å². The average molecular weight is 446 g/mol. The predicted molar refractivity (Wildman–Crippen MR) is 127 cm³/mol. The molecule has 0 bridgehead atoms. The van der Waals surface area contributed by atoms with E-state index in [4.69, 9.17) is 0 Å². The van der Waals surface area contributed by atoms with Crippen LogP contribution >= 0.6 is 0 Å². The minimum Gasteiger partial charge on any atom is -0.369 e. The van der Waals surface area contributed by atoms with Crippen LogP contribution in [0.15, 0.2) is 24.5 Å². The van der Waals surface area contributed by atoms with E-state index >= 15 is 0 Å². The summed E-state index contributed by atoms with van der Waals surface area (Å²) in [6.45, 7) is 14.6. The molecule has 3 heterocycles. The number of hydrogen-bond donors (Lipinski definition) is 1. The zero-order valence-electron chi connectivity index (χ0n) is 19.7. The summed E-state index contributed by atoms with van der Waals surface area (Å²) in [6, 6.07) is 4.11. The van der Waals surface area contributed by atoms with Gasteiger partial charge in [0.2, 0.25) is 5.91 Å². The second-order valence-electron chi connectivity index (χ2n) is 8.45. The first-order chi connectivity index (χ1) is 15.6. The van der Waals surface area contributed by atoms with Gasteiger partial charge in [0.1, 0.15) is 0 Å². The summed E-state index contributed by atoms with van der Waals surface area (Å²) in [7, 11) is 0. The number of rotatable bonds is 9. The van der Waals surface area contributed by atoms with Gasteiger partial charge in [-0.15, -0.1) is 0 Å². The lowest BCUT2D eigenvalue weighted by Crippen LogP contribution is -2.54. The van der Waals surface area contributed by atoms with Gasteiger partial charge < -0.3 is 20.0 Å². The molecule has 2 fully saturated rings. The molecule has 0 radical (unpaired) electrons. The maximum Gasteiger partial charge on any atom is 0.317 e. The number of likely N-dealkylation sites (N-methyl/N-ethyl adjacent to an activating group) is 1. The monoisotopic (exact) mass is 445 g/mol. The minimum absolute atomic E-state index is 0.0108. The van der Waals surface area contributed by atoms with E-state index < -0.39 is 0 Å². The van der Waals surface area contributed by atoms with Gasteiger partial charge in [0.15, 0.2) is 0 Å². The number of urea groups is 1. The van der Waals surface area contributed by atoms with E-state index in [1.807, 2.05) is 22.2 Å². The SMILES string of the molecule is CCN(CC)CC(=O)N1CCN(C(=O)NCCCN2CCN(c3ccncc3)CC2)CC1. The van der Waals surface area contributed by atoms with Gasteiger partial charge in [-0.3, -0.25) is 19.6 Å². The van der Waals surface area contributed by atoms with Crippen LogP contribution in [0, 0.1) is 0 Å². The Balaban J connectivity index is 1.26. The van der Waals surface area contributed by atoms with Gasteiger partial charge in [0.25, 0.3) is 0 Å². The maximum absolute atomic E-state index is 12.5. The molecule has 2 aliphatic rings. The molecule has 0 aliphatic carbocycles. The lowest BCUT2D eigenvalue weighted by molar-refractivity contribution is -0.133. The molecule has 2 saturated heterocycles. The quantitative estimate of drug-likeness (QED) is 0.567. The summed E-state index contributed by atoms with van der Waals surface area (Å²) in [6.07, 6.45) is 4.63. The minimum atomic E-state index is -0.0108. The van der Waals surface area contributed by atoms with E-state index in [0.29, 0.717) is 39.3 Å². The molecule has 3 rings (SSSR count). The molecule has 0 aromatic carbocycles. The van der Waals surface area contributed by atoms with Crippen molar-refractivity contribution in [1.29, 1.82) is 0 Å². The van der Waals surface area contributed by atoms with E-state index in [0.717, 1.165) is 52.2 Å². The molecule has 1 aromatic heterocycles. The molecule has 178 valence electrons. The second-order valence-corrected chi connectivity index (χ2v) is 8.45. The van der Waals surface area contributed by atoms with Crippen LogP contribution in [0.25, 0.3) is 0 Å². The number of amides is 3. The molecule has 0 atom stereocenters. The standard InChI is InChI=1S/C23H39N7O2/c1-3-26(4-2)20-22(31)29-16-18-30(19-17-29)23(32)25-8-5-11-27-12-14-28(15-13-27)21-6-9-24-10-7-21/h6-7,9-10H,3-5,8,11-20H2,1-2H3,(H,25,32). The van der Waals surface area contributed by atoms with E-state index in [2.05, 4.69) is 51.0 Å². The number of nitrogens with one attached hydrogen (secondary N) is 1. The zero-order chi connectivity index (χ0) is 22.8. The number of carbonyl (C=O) groups is 2. The summed E-state index contributed by atoms with van der Waals surface area (Å²) in [5, 5.41) is 3.05. The van der Waals surface area contributed by atoms with Crippen molar-refractivity contribution in [3.8, 4) is 0 Å². The maximum atomic E-state index is 12.5. The first-order valence-electron chi connectivity index (χ1n) is 12.0. The lowest BCUT2D eigenvalue weighted by atomic mass is 10.2. The highest BCUT2D eigenvalue weighted by Crippen LogP contribution is 2.14. The highest BCUT2D eigenvalue weighted by molar-refractivity contribution is 5.79. The van der Waals surface area contributed by atoms with Crippen molar-refractivity contribution in [1.82, 2.24) is 29.9 Å². The molecule has 1 aromatic rings. The van der Waals surface area contributed by atoms with Gasteiger partial charge in [-0.2, -0.15) is 0 Å². The Labute approximate surface area is 192 Å². The largest absolute Gasteiger partial charge is 0.369 e. The topological polar surface area (TPSA) is 75.3 Å². The van der Waals surface area contributed by atoms with E-state index in [1.165, 1.54) is 5.69 Å². The molecule has 0 spiro atoms. The van der Waals surface area contributed by atoms with Crippen molar-refractivity contribution in [2.45, 2.75) is 20.3 Å². The predicted octanol–water partition coefficient (Wildman–Crippen LogP) is 0.789. The fraction of sp³-hybridized carbons (Fsp3) is 0.696. The Morgan fingerprint density at radius 2 is 1.56 bits per heavy atom. The van der Waals surface area contributed by atoms with Crippen LogP contribution in [0.5, 0.6) is 0 Å². The van der Waals surface area contributed by atoms with Crippen molar-refractivity contribution >= 4 is 17.6 Å². The van der Waals surface area contributed by atoms with Crippen molar-refractivity contribution < 1.29 is 9.59 Å². The van der Waals surface area contributed by atoms with Crippen LogP contribution in [0.4, 0.5) is 10.5 Å². The van der Waals surface area contributed by atoms with Crippen molar-refractivity contribution in [3.05, 3.63) is 24.5 Å². The van der Waals surface area contributed by atoms with Crippen molar-refractivity contribution in [3.63, 3.8) is 0 Å². The number of piperazine rings is 2. The van der Waals surface area contributed by atoms with Gasteiger partial charge in [0, 0.05) is 77.0 Å². The number of nitrogens with zero attached hydrogens (tertiary/aromatic N) is 6. The van der Waals surface area contributed by atoms with Crippen molar-refractivity contribution in [2.75, 3.05) is 90.0 Å². The van der Waals surface area contributed by atoms with Crippen LogP contribution in [0.2, 0.25) is 0 Å². The number of aromatic nitrogens is 1. The number of pyridine rings is 1. The molecular formula is C23H39N7O2. The molecule has 3 amide bonds. The second kappa shape index (κ2) is 12.6. The zero-order valence-corrected chi connectivity index (χ0v) is 19.7. The third-order valence-corrected chi connectivity index (χ3v) is 6.50. The Morgan fingerprint density at radius 3 is 2.19 bits per heavy atom. The highest BCUT2D eigenvalue weighted by Gasteiger charge is 2.24. The van der Waals surface area contributed by atoms with Crippen LogP contribution in [-0.2, 0) is 4.79 Å². The Hall–Kier alpha value is -2.39. The average Bonchev–Trinajstić information content (AvgIpc) is 2.86. The first-order valence-corrected chi connectivity index (χ1v) is 12.0. The highest BCUT2D eigenvalue weighted by atomic mass is 16.2. The van der Waals surface area contributed by atoms with Gasteiger partial charge in [0.05, 0.1) is 6.54 Å². The first kappa shape index (κ1) is 24.3. The summed E-state index contributed by atoms with van der Waals surface area (Å²) < 4.78 is 0. The van der Waals surface area contributed by atoms with Crippen LogP contribution in [-0.4, -0.2) is 122 Å². The van der Waals surface area contributed by atoms with Crippen LogP contribution < -0.4 is 10.2 Å². The Bertz CT molecular complexity index is 698.